The van der Waals surface area contributed by atoms with Crippen molar-refractivity contribution in [2.45, 2.75) is 19.2 Å². The van der Waals surface area contributed by atoms with Crippen LogP contribution in [0.5, 0.6) is 0 Å². The smallest absolute Gasteiger partial charge is 0.197 e. The van der Waals surface area contributed by atoms with Gasteiger partial charge in [-0.2, -0.15) is 0 Å². The van der Waals surface area contributed by atoms with E-state index >= 15 is 0 Å². The lowest BCUT2D eigenvalue weighted by Crippen LogP contribution is -2.12. The third-order valence-electron chi connectivity index (χ3n) is 3.73. The minimum absolute atomic E-state index is 0.00130. The molecule has 1 N–H and O–H groups in total. The molecule has 0 aliphatic heterocycles. The van der Waals surface area contributed by atoms with Crippen LogP contribution in [0.4, 0.5) is 0 Å². The first-order valence-electron chi connectivity index (χ1n) is 7.04. The quantitative estimate of drug-likeness (QED) is 0.583. The molecule has 2 aromatic carbocycles. The highest BCUT2D eigenvalue weighted by Gasteiger charge is 2.17. The molecule has 1 atom stereocenters. The van der Waals surface area contributed by atoms with E-state index in [2.05, 4.69) is 20.9 Å². The Morgan fingerprint density at radius 1 is 1.14 bits per heavy atom. The van der Waals surface area contributed by atoms with Gasteiger partial charge >= 0.3 is 0 Å². The molecule has 0 amide bonds. The van der Waals surface area contributed by atoms with Crippen molar-refractivity contribution in [3.63, 3.8) is 0 Å². The molecular formula is C18H15BrClNO. The van der Waals surface area contributed by atoms with Crippen LogP contribution in [0.3, 0.4) is 0 Å². The molecule has 0 aliphatic carbocycles. The van der Waals surface area contributed by atoms with E-state index < -0.39 is 0 Å². The van der Waals surface area contributed by atoms with Gasteiger partial charge in [0.15, 0.2) is 5.43 Å². The van der Waals surface area contributed by atoms with Crippen molar-refractivity contribution in [2.75, 3.05) is 0 Å². The maximum Gasteiger partial charge on any atom is 0.197 e. The number of aromatic nitrogens is 1. The maximum absolute atomic E-state index is 13.0. The van der Waals surface area contributed by atoms with Gasteiger partial charge in [-0.05, 0) is 37.6 Å². The Labute approximate surface area is 142 Å². The Hall–Kier alpha value is -1.58. The summed E-state index contributed by atoms with van der Waals surface area (Å²) in [5, 5.41) is 0.378. The highest BCUT2D eigenvalue weighted by atomic mass is 79.9. The first-order valence-corrected chi connectivity index (χ1v) is 8.27. The molecule has 0 aliphatic rings. The Morgan fingerprint density at radius 3 is 2.45 bits per heavy atom. The normalized spacial score (nSPS) is 12.5. The first kappa shape index (κ1) is 15.3. The summed E-state index contributed by atoms with van der Waals surface area (Å²) in [5.41, 5.74) is 4.24. The predicted molar refractivity (Wildman–Crippen MR) is 96.7 cm³/mol. The number of nitrogens with one attached hydrogen (secondary N) is 1. The lowest BCUT2D eigenvalue weighted by atomic mass is 9.98. The van der Waals surface area contributed by atoms with Gasteiger partial charge in [-0.3, -0.25) is 4.79 Å². The van der Waals surface area contributed by atoms with Gasteiger partial charge in [0.2, 0.25) is 0 Å². The molecule has 1 unspecified atom stereocenters. The van der Waals surface area contributed by atoms with Crippen LogP contribution in [0.1, 0.15) is 23.6 Å². The van der Waals surface area contributed by atoms with Crippen molar-refractivity contribution in [3.8, 4) is 11.1 Å². The average molecular weight is 377 g/mol. The number of benzene rings is 2. The summed E-state index contributed by atoms with van der Waals surface area (Å²) in [6, 6.07) is 13.6. The number of halogens is 2. The van der Waals surface area contributed by atoms with E-state index in [9.17, 15) is 4.79 Å². The zero-order valence-electron chi connectivity index (χ0n) is 12.3. The molecule has 3 aromatic rings. The third-order valence-corrected chi connectivity index (χ3v) is 4.44. The van der Waals surface area contributed by atoms with E-state index in [1.165, 1.54) is 0 Å². The molecule has 1 aromatic heterocycles. The Bertz CT molecular complexity index is 897. The summed E-state index contributed by atoms with van der Waals surface area (Å²) < 4.78 is 0.882. The fourth-order valence-corrected chi connectivity index (χ4v) is 3.11. The largest absolute Gasteiger partial charge is 0.356 e. The lowest BCUT2D eigenvalue weighted by molar-refractivity contribution is 1.01. The minimum atomic E-state index is -0.281. The van der Waals surface area contributed by atoms with E-state index in [0.29, 0.717) is 10.9 Å². The molecule has 0 radical (unpaired) electrons. The molecule has 0 fully saturated rings. The van der Waals surface area contributed by atoms with Gasteiger partial charge in [0.05, 0.1) is 10.9 Å². The lowest BCUT2D eigenvalue weighted by Gasteiger charge is -2.13. The van der Waals surface area contributed by atoms with Crippen LogP contribution in [0, 0.1) is 6.92 Å². The van der Waals surface area contributed by atoms with E-state index in [0.717, 1.165) is 26.8 Å². The second-order valence-electron chi connectivity index (χ2n) is 5.41. The highest BCUT2D eigenvalue weighted by Crippen LogP contribution is 2.30. The minimum Gasteiger partial charge on any atom is -0.356 e. The summed E-state index contributed by atoms with van der Waals surface area (Å²) in [6.07, 6.45) is 0. The SMILES string of the molecule is Cc1ccc(-c2c(C(C)Cl)[nH]c3ccc(Br)cc3c2=O)cc1. The van der Waals surface area contributed by atoms with Crippen LogP contribution in [0.25, 0.3) is 22.0 Å². The second kappa shape index (κ2) is 5.90. The maximum atomic E-state index is 13.0. The topological polar surface area (TPSA) is 32.9 Å². The third kappa shape index (κ3) is 2.71. The number of H-pyrrole nitrogens is 1. The van der Waals surface area contributed by atoms with E-state index in [4.69, 9.17) is 11.6 Å². The van der Waals surface area contributed by atoms with Crippen LogP contribution in [0.15, 0.2) is 51.7 Å². The van der Waals surface area contributed by atoms with Crippen LogP contribution in [-0.2, 0) is 0 Å². The molecule has 22 heavy (non-hydrogen) atoms. The summed E-state index contributed by atoms with van der Waals surface area (Å²) in [6.45, 7) is 3.89. The summed E-state index contributed by atoms with van der Waals surface area (Å²) in [4.78, 5) is 16.3. The number of aromatic amines is 1. The Balaban J connectivity index is 2.40. The summed E-state index contributed by atoms with van der Waals surface area (Å²) in [5.74, 6) is 0. The first-order chi connectivity index (χ1) is 10.5. The van der Waals surface area contributed by atoms with E-state index in [1.807, 2.05) is 56.3 Å². The molecule has 2 nitrogen and oxygen atoms in total. The average Bonchev–Trinajstić information content (AvgIpc) is 2.49. The van der Waals surface area contributed by atoms with Gasteiger partial charge in [0, 0.05) is 21.1 Å². The van der Waals surface area contributed by atoms with Crippen molar-refractivity contribution in [1.82, 2.24) is 4.98 Å². The zero-order valence-corrected chi connectivity index (χ0v) is 14.6. The van der Waals surface area contributed by atoms with Crippen molar-refractivity contribution >= 4 is 38.4 Å². The molecule has 1 heterocycles. The van der Waals surface area contributed by atoms with Crippen LogP contribution >= 0.6 is 27.5 Å². The number of alkyl halides is 1. The van der Waals surface area contributed by atoms with Crippen molar-refractivity contribution in [2.24, 2.45) is 0 Å². The van der Waals surface area contributed by atoms with Gasteiger partial charge in [-0.1, -0.05) is 45.8 Å². The summed E-state index contributed by atoms with van der Waals surface area (Å²) >= 11 is 9.74. The summed E-state index contributed by atoms with van der Waals surface area (Å²) in [7, 11) is 0. The fraction of sp³-hybridized carbons (Fsp3) is 0.167. The van der Waals surface area contributed by atoms with Crippen molar-refractivity contribution in [3.05, 3.63) is 68.4 Å². The Morgan fingerprint density at radius 2 is 1.82 bits per heavy atom. The van der Waals surface area contributed by atoms with Gasteiger partial charge in [0.25, 0.3) is 0 Å². The van der Waals surface area contributed by atoms with Crippen molar-refractivity contribution in [1.29, 1.82) is 0 Å². The molecule has 3 rings (SSSR count). The van der Waals surface area contributed by atoms with Gasteiger partial charge in [-0.25, -0.2) is 0 Å². The second-order valence-corrected chi connectivity index (χ2v) is 6.99. The van der Waals surface area contributed by atoms with Gasteiger partial charge in [0.1, 0.15) is 0 Å². The number of rotatable bonds is 2. The van der Waals surface area contributed by atoms with E-state index in [1.54, 1.807) is 0 Å². The fourth-order valence-electron chi connectivity index (χ4n) is 2.58. The monoisotopic (exact) mass is 375 g/mol. The number of hydrogen-bond donors (Lipinski definition) is 1. The molecule has 0 saturated heterocycles. The molecule has 4 heteroatoms. The van der Waals surface area contributed by atoms with Gasteiger partial charge in [-0.15, -0.1) is 11.6 Å². The van der Waals surface area contributed by atoms with E-state index in [-0.39, 0.29) is 10.8 Å². The number of fused-ring (bicyclic) bond motifs is 1. The molecule has 0 spiro atoms. The van der Waals surface area contributed by atoms with Crippen LogP contribution in [-0.4, -0.2) is 4.98 Å². The molecule has 0 bridgehead atoms. The van der Waals surface area contributed by atoms with Crippen molar-refractivity contribution < 1.29 is 0 Å². The Kier molecular flexibility index (Phi) is 4.11. The standard InChI is InChI=1S/C18H15BrClNO/c1-10-3-5-12(6-4-10)16-17(11(2)20)21-15-8-7-13(19)9-14(15)18(16)22/h3-9,11H,1-2H3,(H,21,22). The number of hydrogen-bond acceptors (Lipinski definition) is 1. The zero-order chi connectivity index (χ0) is 15.9. The van der Waals surface area contributed by atoms with Gasteiger partial charge < -0.3 is 4.98 Å². The highest BCUT2D eigenvalue weighted by molar-refractivity contribution is 9.10. The number of aryl methyl sites for hydroxylation is 1. The number of pyridine rings is 1. The van der Waals surface area contributed by atoms with Crippen LogP contribution < -0.4 is 5.43 Å². The van der Waals surface area contributed by atoms with Crippen LogP contribution in [0.2, 0.25) is 0 Å². The molecular weight excluding hydrogens is 362 g/mol. The molecule has 112 valence electrons. The predicted octanol–water partition coefficient (Wildman–Crippen LogP) is 5.57. The molecule has 0 saturated carbocycles.